The molecular formula is C21H21N5O6. The van der Waals surface area contributed by atoms with E-state index in [9.17, 15) is 14.4 Å². The van der Waals surface area contributed by atoms with Crippen LogP contribution in [0.5, 0.6) is 17.2 Å². The topological polar surface area (TPSA) is 161 Å². The van der Waals surface area contributed by atoms with E-state index in [0.717, 1.165) is 0 Å². The van der Waals surface area contributed by atoms with Gasteiger partial charge in [-0.15, -0.1) is 0 Å². The number of amides is 3. The lowest BCUT2D eigenvalue weighted by atomic mass is 10.1. The summed E-state index contributed by atoms with van der Waals surface area (Å²) in [5.41, 5.74) is 11.9. The number of rotatable bonds is 9. The van der Waals surface area contributed by atoms with Crippen LogP contribution >= 0.6 is 0 Å². The summed E-state index contributed by atoms with van der Waals surface area (Å²) in [5, 5.41) is 6.84. The highest BCUT2D eigenvalue weighted by molar-refractivity contribution is 6.05. The molecule has 0 bridgehead atoms. The van der Waals surface area contributed by atoms with Gasteiger partial charge >= 0.3 is 0 Å². The number of hydrogen-bond acceptors (Lipinski definition) is 7. The maximum absolute atomic E-state index is 12.8. The molecule has 11 heteroatoms. The van der Waals surface area contributed by atoms with Crippen molar-refractivity contribution >= 4 is 23.4 Å². The monoisotopic (exact) mass is 439 g/mol. The van der Waals surface area contributed by atoms with Crippen LogP contribution in [0.25, 0.3) is 5.69 Å². The predicted molar refractivity (Wildman–Crippen MR) is 114 cm³/mol. The minimum absolute atomic E-state index is 0.147. The first-order valence-corrected chi connectivity index (χ1v) is 9.26. The van der Waals surface area contributed by atoms with Crippen LogP contribution in [0.15, 0.2) is 48.7 Å². The van der Waals surface area contributed by atoms with E-state index < -0.39 is 17.7 Å². The van der Waals surface area contributed by atoms with E-state index >= 15 is 0 Å². The smallest absolute Gasteiger partial charge is 0.269 e. The quantitative estimate of drug-likeness (QED) is 0.450. The van der Waals surface area contributed by atoms with Gasteiger partial charge in [0.1, 0.15) is 5.69 Å². The second-order valence-corrected chi connectivity index (χ2v) is 6.48. The molecular weight excluding hydrogens is 418 g/mol. The Morgan fingerprint density at radius 2 is 1.62 bits per heavy atom. The Labute approximate surface area is 182 Å². The lowest BCUT2D eigenvalue weighted by Crippen LogP contribution is -2.20. The molecule has 0 aliphatic rings. The third-order valence-corrected chi connectivity index (χ3v) is 4.31. The van der Waals surface area contributed by atoms with Crippen molar-refractivity contribution in [2.75, 3.05) is 26.1 Å². The molecule has 11 nitrogen and oxygen atoms in total. The van der Waals surface area contributed by atoms with Crippen LogP contribution < -0.4 is 31.0 Å². The van der Waals surface area contributed by atoms with Crippen LogP contribution in [-0.2, 0) is 4.79 Å². The molecule has 0 radical (unpaired) electrons. The minimum Gasteiger partial charge on any atom is -0.493 e. The van der Waals surface area contributed by atoms with Crippen LogP contribution in [0.2, 0.25) is 0 Å². The summed E-state index contributed by atoms with van der Waals surface area (Å²) in [6, 6.07) is 11.2. The van der Waals surface area contributed by atoms with Crippen LogP contribution in [0.1, 0.15) is 20.8 Å². The Bertz CT molecular complexity index is 1130. The van der Waals surface area contributed by atoms with Crippen LogP contribution in [0, 0.1) is 0 Å². The Morgan fingerprint density at radius 3 is 2.12 bits per heavy atom. The van der Waals surface area contributed by atoms with E-state index in [4.69, 9.17) is 25.7 Å². The number of benzene rings is 2. The van der Waals surface area contributed by atoms with E-state index in [1.807, 2.05) is 0 Å². The summed E-state index contributed by atoms with van der Waals surface area (Å²) in [7, 11) is 2.79. The lowest BCUT2D eigenvalue weighted by molar-refractivity contribution is -0.120. The third-order valence-electron chi connectivity index (χ3n) is 4.31. The van der Waals surface area contributed by atoms with Crippen molar-refractivity contribution in [3.8, 4) is 22.9 Å². The molecule has 3 amide bonds. The lowest BCUT2D eigenvalue weighted by Gasteiger charge is -2.15. The van der Waals surface area contributed by atoms with Gasteiger partial charge in [0.15, 0.2) is 18.1 Å². The van der Waals surface area contributed by atoms with Gasteiger partial charge in [-0.2, -0.15) is 5.10 Å². The molecule has 1 aromatic heterocycles. The van der Waals surface area contributed by atoms with Crippen molar-refractivity contribution in [1.82, 2.24) is 9.78 Å². The molecule has 0 spiro atoms. The number of carbonyl (C=O) groups is 3. The molecule has 3 rings (SSSR count). The maximum Gasteiger partial charge on any atom is 0.269 e. The molecule has 32 heavy (non-hydrogen) atoms. The van der Waals surface area contributed by atoms with Crippen molar-refractivity contribution < 1.29 is 28.6 Å². The molecule has 3 aromatic rings. The minimum atomic E-state index is -0.666. The SMILES string of the molecule is COc1cc(C(=O)Nc2ccc(-n3ccc(C(N)=O)n3)cc2)cc(OC)c1OCC(N)=O. The van der Waals surface area contributed by atoms with Crippen LogP contribution in [-0.4, -0.2) is 48.3 Å². The molecule has 5 N–H and O–H groups in total. The zero-order valence-corrected chi connectivity index (χ0v) is 17.3. The van der Waals surface area contributed by atoms with Crippen LogP contribution in [0.4, 0.5) is 5.69 Å². The third kappa shape index (κ3) is 4.95. The number of hydrogen-bond donors (Lipinski definition) is 3. The Morgan fingerprint density at radius 1 is 1.00 bits per heavy atom. The van der Waals surface area contributed by atoms with Crippen molar-refractivity contribution in [1.29, 1.82) is 0 Å². The fourth-order valence-electron chi connectivity index (χ4n) is 2.80. The molecule has 2 aromatic carbocycles. The van der Waals surface area contributed by atoms with Gasteiger partial charge < -0.3 is 31.0 Å². The Kier molecular flexibility index (Phi) is 6.59. The van der Waals surface area contributed by atoms with Crippen molar-refractivity contribution in [3.63, 3.8) is 0 Å². The second-order valence-electron chi connectivity index (χ2n) is 6.48. The Hall–Kier alpha value is -4.54. The fraction of sp³-hybridized carbons (Fsp3) is 0.143. The van der Waals surface area contributed by atoms with Crippen molar-refractivity contribution in [3.05, 3.63) is 59.9 Å². The number of nitrogens with zero attached hydrogens (tertiary/aromatic N) is 2. The van der Waals surface area contributed by atoms with Gasteiger partial charge in [-0.3, -0.25) is 14.4 Å². The van der Waals surface area contributed by atoms with E-state index in [2.05, 4.69) is 10.4 Å². The summed E-state index contributed by atoms with van der Waals surface area (Å²) in [6.45, 7) is -0.373. The van der Waals surface area contributed by atoms with E-state index in [0.29, 0.717) is 11.4 Å². The summed E-state index contributed by atoms with van der Waals surface area (Å²) in [4.78, 5) is 35.0. The predicted octanol–water partition coefficient (Wildman–Crippen LogP) is 1.10. The number of primary amides is 2. The summed E-state index contributed by atoms with van der Waals surface area (Å²) >= 11 is 0. The molecule has 0 fully saturated rings. The second kappa shape index (κ2) is 9.51. The summed E-state index contributed by atoms with van der Waals surface area (Å²) in [5.74, 6) is -1.15. The number of aromatic nitrogens is 2. The van der Waals surface area contributed by atoms with Gasteiger partial charge in [-0.05, 0) is 42.5 Å². The van der Waals surface area contributed by atoms with Crippen LogP contribution in [0.3, 0.4) is 0 Å². The summed E-state index contributed by atoms with van der Waals surface area (Å²) in [6.07, 6.45) is 1.61. The highest BCUT2D eigenvalue weighted by Gasteiger charge is 2.18. The number of ether oxygens (including phenoxy) is 3. The van der Waals surface area contributed by atoms with E-state index in [1.165, 1.54) is 37.1 Å². The van der Waals surface area contributed by atoms with Gasteiger partial charge in [-0.25, -0.2) is 4.68 Å². The van der Waals surface area contributed by atoms with Crippen molar-refractivity contribution in [2.45, 2.75) is 0 Å². The first-order valence-electron chi connectivity index (χ1n) is 9.26. The largest absolute Gasteiger partial charge is 0.493 e. The average Bonchev–Trinajstić information content (AvgIpc) is 3.28. The standard InChI is InChI=1S/C21H21N5O6/c1-30-16-9-12(10-17(31-2)19(16)32-11-18(22)27)21(29)24-13-3-5-14(6-4-13)26-8-7-15(25-26)20(23)28/h3-10H,11H2,1-2H3,(H2,22,27)(H2,23,28)(H,24,29). The van der Waals surface area contributed by atoms with Gasteiger partial charge in [-0.1, -0.05) is 0 Å². The van der Waals surface area contributed by atoms with Gasteiger partial charge in [0.25, 0.3) is 17.7 Å². The highest BCUT2D eigenvalue weighted by atomic mass is 16.5. The molecule has 0 atom stereocenters. The summed E-state index contributed by atoms with van der Waals surface area (Å²) < 4.78 is 17.4. The number of methoxy groups -OCH3 is 2. The van der Waals surface area contributed by atoms with E-state index in [-0.39, 0.29) is 35.1 Å². The van der Waals surface area contributed by atoms with Gasteiger partial charge in [0, 0.05) is 17.4 Å². The molecule has 0 aliphatic carbocycles. The molecule has 0 aliphatic heterocycles. The zero-order valence-electron chi connectivity index (χ0n) is 17.3. The van der Waals surface area contributed by atoms with Gasteiger partial charge in [0.05, 0.1) is 19.9 Å². The van der Waals surface area contributed by atoms with Crippen molar-refractivity contribution in [2.24, 2.45) is 11.5 Å². The number of nitrogens with two attached hydrogens (primary N) is 2. The molecule has 0 saturated carbocycles. The first-order chi connectivity index (χ1) is 15.3. The molecule has 0 unspecified atom stereocenters. The first kappa shape index (κ1) is 22.2. The van der Waals surface area contributed by atoms with Gasteiger partial charge in [0.2, 0.25) is 5.75 Å². The average molecular weight is 439 g/mol. The number of carbonyl (C=O) groups excluding carboxylic acids is 3. The molecule has 166 valence electrons. The van der Waals surface area contributed by atoms with E-state index in [1.54, 1.807) is 30.5 Å². The normalized spacial score (nSPS) is 10.3. The molecule has 1 heterocycles. The fourth-order valence-corrected chi connectivity index (χ4v) is 2.80. The number of nitrogens with one attached hydrogen (secondary N) is 1. The number of anilines is 1. The highest BCUT2D eigenvalue weighted by Crippen LogP contribution is 2.38. The molecule has 0 saturated heterocycles. The zero-order chi connectivity index (χ0) is 23.3. The Balaban J connectivity index is 1.78. The maximum atomic E-state index is 12.8.